The molecule has 0 heterocycles. The summed E-state index contributed by atoms with van der Waals surface area (Å²) in [6.45, 7) is 4.29. The van der Waals surface area contributed by atoms with Crippen molar-refractivity contribution in [3.8, 4) is 0 Å². The number of hydrogen-bond donors (Lipinski definition) is 1. The van der Waals surface area contributed by atoms with Crippen LogP contribution in [0.25, 0.3) is 10.8 Å². The highest BCUT2D eigenvalue weighted by atomic mass is 14.6. The summed E-state index contributed by atoms with van der Waals surface area (Å²) in [6.07, 6.45) is 1.05. The van der Waals surface area contributed by atoms with Gasteiger partial charge < -0.3 is 5.73 Å². The topological polar surface area (TPSA) is 26.0 Å². The summed E-state index contributed by atoms with van der Waals surface area (Å²) in [5, 5.41) is 2.68. The summed E-state index contributed by atoms with van der Waals surface area (Å²) in [5.74, 6) is 0.519. The minimum atomic E-state index is 0.249. The van der Waals surface area contributed by atoms with Crippen LogP contribution >= 0.6 is 0 Å². The van der Waals surface area contributed by atoms with Gasteiger partial charge in [-0.3, -0.25) is 0 Å². The second-order valence-corrected chi connectivity index (χ2v) is 4.68. The lowest BCUT2D eigenvalue weighted by atomic mass is 9.92. The Kier molecular flexibility index (Phi) is 3.25. The maximum atomic E-state index is 5.93. The van der Waals surface area contributed by atoms with Crippen LogP contribution in [-0.4, -0.2) is 6.04 Å². The number of hydrogen-bond acceptors (Lipinski definition) is 1. The molecule has 0 amide bonds. The van der Waals surface area contributed by atoms with Gasteiger partial charge in [0.15, 0.2) is 0 Å². The summed E-state index contributed by atoms with van der Waals surface area (Å²) < 4.78 is 0. The molecular formula is C15H19N. The third kappa shape index (κ3) is 2.25. The zero-order chi connectivity index (χ0) is 11.5. The van der Waals surface area contributed by atoms with Crippen LogP contribution in [0.5, 0.6) is 0 Å². The normalized spacial score (nSPS) is 14.9. The van der Waals surface area contributed by atoms with E-state index in [0.717, 1.165) is 6.42 Å². The Morgan fingerprint density at radius 3 is 2.44 bits per heavy atom. The Hall–Kier alpha value is -1.34. The third-order valence-corrected chi connectivity index (χ3v) is 3.32. The molecule has 0 saturated heterocycles. The van der Waals surface area contributed by atoms with E-state index in [4.69, 9.17) is 5.73 Å². The molecule has 84 valence electrons. The molecular weight excluding hydrogens is 194 g/mol. The first kappa shape index (κ1) is 11.2. The van der Waals surface area contributed by atoms with E-state index in [1.165, 1.54) is 16.3 Å². The standard InChI is InChI=1S/C15H19N/c1-11(12(2)16)10-14-8-5-7-13-6-3-4-9-15(13)14/h3-9,11-12H,10,16H2,1-2H3. The quantitative estimate of drug-likeness (QED) is 0.831. The van der Waals surface area contributed by atoms with E-state index in [1.807, 2.05) is 0 Å². The van der Waals surface area contributed by atoms with E-state index in [9.17, 15) is 0 Å². The SMILES string of the molecule is CC(N)C(C)Cc1cccc2ccccc12. The number of benzene rings is 2. The van der Waals surface area contributed by atoms with Gasteiger partial charge in [0.1, 0.15) is 0 Å². The summed E-state index contributed by atoms with van der Waals surface area (Å²) in [4.78, 5) is 0. The van der Waals surface area contributed by atoms with Gasteiger partial charge in [0, 0.05) is 6.04 Å². The summed E-state index contributed by atoms with van der Waals surface area (Å²) in [5.41, 5.74) is 7.33. The van der Waals surface area contributed by atoms with E-state index < -0.39 is 0 Å². The van der Waals surface area contributed by atoms with Gasteiger partial charge in [0.25, 0.3) is 0 Å². The van der Waals surface area contributed by atoms with Crippen molar-refractivity contribution in [3.05, 3.63) is 48.0 Å². The van der Waals surface area contributed by atoms with Gasteiger partial charge in [0.2, 0.25) is 0 Å². The monoisotopic (exact) mass is 213 g/mol. The molecule has 0 bridgehead atoms. The molecule has 0 saturated carbocycles. The first-order valence-corrected chi connectivity index (χ1v) is 5.90. The molecule has 2 atom stereocenters. The van der Waals surface area contributed by atoms with Crippen LogP contribution in [0.1, 0.15) is 19.4 Å². The average Bonchev–Trinajstić information content (AvgIpc) is 2.29. The molecule has 16 heavy (non-hydrogen) atoms. The highest BCUT2D eigenvalue weighted by Crippen LogP contribution is 2.21. The summed E-state index contributed by atoms with van der Waals surface area (Å²) in [7, 11) is 0. The van der Waals surface area contributed by atoms with Crippen molar-refractivity contribution in [2.24, 2.45) is 11.7 Å². The predicted octanol–water partition coefficient (Wildman–Crippen LogP) is 3.37. The first-order valence-electron chi connectivity index (χ1n) is 5.90. The van der Waals surface area contributed by atoms with Crippen LogP contribution in [0.15, 0.2) is 42.5 Å². The molecule has 0 aromatic heterocycles. The van der Waals surface area contributed by atoms with Gasteiger partial charge in [-0.1, -0.05) is 49.4 Å². The smallest absolute Gasteiger partial charge is 0.00393 e. The fourth-order valence-electron chi connectivity index (χ4n) is 2.00. The van der Waals surface area contributed by atoms with E-state index >= 15 is 0 Å². The molecule has 2 unspecified atom stereocenters. The number of fused-ring (bicyclic) bond motifs is 1. The van der Waals surface area contributed by atoms with Gasteiger partial charge in [0.05, 0.1) is 0 Å². The maximum Gasteiger partial charge on any atom is 0.00393 e. The number of nitrogens with two attached hydrogens (primary N) is 1. The zero-order valence-corrected chi connectivity index (χ0v) is 9.98. The minimum Gasteiger partial charge on any atom is -0.328 e. The van der Waals surface area contributed by atoms with Crippen molar-refractivity contribution >= 4 is 10.8 Å². The molecule has 0 aliphatic rings. The molecule has 0 aliphatic carbocycles. The molecule has 2 rings (SSSR count). The van der Waals surface area contributed by atoms with Gasteiger partial charge in [-0.25, -0.2) is 0 Å². The van der Waals surface area contributed by atoms with Crippen molar-refractivity contribution in [2.75, 3.05) is 0 Å². The van der Waals surface area contributed by atoms with Gasteiger partial charge >= 0.3 is 0 Å². The summed E-state index contributed by atoms with van der Waals surface area (Å²) in [6, 6.07) is 15.3. The minimum absolute atomic E-state index is 0.249. The van der Waals surface area contributed by atoms with E-state index in [1.54, 1.807) is 0 Å². The van der Waals surface area contributed by atoms with E-state index in [0.29, 0.717) is 5.92 Å². The van der Waals surface area contributed by atoms with Crippen LogP contribution in [0.3, 0.4) is 0 Å². The highest BCUT2D eigenvalue weighted by molar-refractivity contribution is 5.85. The fraction of sp³-hybridized carbons (Fsp3) is 0.333. The second kappa shape index (κ2) is 4.67. The van der Waals surface area contributed by atoms with Crippen molar-refractivity contribution in [1.82, 2.24) is 0 Å². The molecule has 2 aromatic carbocycles. The number of rotatable bonds is 3. The maximum absolute atomic E-state index is 5.93. The second-order valence-electron chi connectivity index (χ2n) is 4.68. The fourth-order valence-corrected chi connectivity index (χ4v) is 2.00. The van der Waals surface area contributed by atoms with Crippen molar-refractivity contribution in [2.45, 2.75) is 26.3 Å². The molecule has 0 aliphatic heterocycles. The van der Waals surface area contributed by atoms with Crippen LogP contribution in [0.4, 0.5) is 0 Å². The first-order chi connectivity index (χ1) is 7.68. The predicted molar refractivity (Wildman–Crippen MR) is 70.5 cm³/mol. The largest absolute Gasteiger partial charge is 0.328 e. The van der Waals surface area contributed by atoms with Gasteiger partial charge in [-0.2, -0.15) is 0 Å². The van der Waals surface area contributed by atoms with E-state index in [-0.39, 0.29) is 6.04 Å². The average molecular weight is 213 g/mol. The van der Waals surface area contributed by atoms with Gasteiger partial charge in [-0.05, 0) is 35.6 Å². The molecule has 2 N–H and O–H groups in total. The van der Waals surface area contributed by atoms with Crippen molar-refractivity contribution in [3.63, 3.8) is 0 Å². The van der Waals surface area contributed by atoms with Crippen LogP contribution in [0.2, 0.25) is 0 Å². The Labute approximate surface area is 97.3 Å². The Morgan fingerprint density at radius 1 is 1.00 bits per heavy atom. The highest BCUT2D eigenvalue weighted by Gasteiger charge is 2.10. The lowest BCUT2D eigenvalue weighted by Crippen LogP contribution is -2.25. The third-order valence-electron chi connectivity index (χ3n) is 3.32. The molecule has 0 spiro atoms. The van der Waals surface area contributed by atoms with Gasteiger partial charge in [-0.15, -0.1) is 0 Å². The Balaban J connectivity index is 2.37. The van der Waals surface area contributed by atoms with E-state index in [2.05, 4.69) is 56.3 Å². The molecule has 1 nitrogen and oxygen atoms in total. The molecule has 0 radical (unpaired) electrons. The molecule has 2 aromatic rings. The Morgan fingerprint density at radius 2 is 1.69 bits per heavy atom. The molecule has 1 heteroatoms. The van der Waals surface area contributed by atoms with Crippen LogP contribution < -0.4 is 5.73 Å². The Bertz CT molecular complexity index is 468. The lowest BCUT2D eigenvalue weighted by Gasteiger charge is -2.16. The van der Waals surface area contributed by atoms with Crippen LogP contribution in [-0.2, 0) is 6.42 Å². The van der Waals surface area contributed by atoms with Crippen LogP contribution in [0, 0.1) is 5.92 Å². The summed E-state index contributed by atoms with van der Waals surface area (Å²) >= 11 is 0. The van der Waals surface area contributed by atoms with Crippen molar-refractivity contribution in [1.29, 1.82) is 0 Å². The zero-order valence-electron chi connectivity index (χ0n) is 9.98. The van der Waals surface area contributed by atoms with Crippen molar-refractivity contribution < 1.29 is 0 Å². The lowest BCUT2D eigenvalue weighted by molar-refractivity contribution is 0.483. The molecule has 0 fully saturated rings.